The molecule has 0 bridgehead atoms. The van der Waals surface area contributed by atoms with E-state index in [1.807, 2.05) is 12.2 Å². The second-order valence-electron chi connectivity index (χ2n) is 2.23. The molecule has 0 aliphatic heterocycles. The maximum absolute atomic E-state index is 10.7. The fourth-order valence-electron chi connectivity index (χ4n) is 0.838. The lowest BCUT2D eigenvalue weighted by Gasteiger charge is -2.23. The van der Waals surface area contributed by atoms with Gasteiger partial charge in [-0.3, -0.25) is 4.79 Å². The van der Waals surface area contributed by atoms with Gasteiger partial charge in [0, 0.05) is 0 Å². The molecule has 0 amide bonds. The van der Waals surface area contributed by atoms with Crippen molar-refractivity contribution in [2.45, 2.75) is 2.33 Å². The van der Waals surface area contributed by atoms with E-state index in [0.717, 1.165) is 0 Å². The number of hydrogen-bond donors (Lipinski definition) is 1. The number of halogens is 2. The monoisotopic (exact) mass is 328 g/mol. The molecule has 4 heteroatoms. The van der Waals surface area contributed by atoms with E-state index in [-0.39, 0.29) is 0 Å². The lowest BCUT2D eigenvalue weighted by molar-refractivity contribution is -0.139. The van der Waals surface area contributed by atoms with Gasteiger partial charge in [-0.05, 0) is 0 Å². The molecule has 0 spiro atoms. The Balaban J connectivity index is 2.89. The Bertz CT molecular complexity index is 233. The number of carboxylic acids is 1. The second kappa shape index (κ2) is 3.26. The number of allylic oxidation sites excluding steroid dienone is 3. The zero-order valence-electron chi connectivity index (χ0n) is 5.50. The minimum atomic E-state index is -0.808. The molecule has 0 aromatic heterocycles. The van der Waals surface area contributed by atoms with Crippen LogP contribution in [0.15, 0.2) is 24.3 Å². The van der Waals surface area contributed by atoms with Crippen molar-refractivity contribution in [2.75, 3.05) is 0 Å². The van der Waals surface area contributed by atoms with Gasteiger partial charge in [0.2, 0.25) is 0 Å². The molecule has 0 radical (unpaired) electrons. The summed E-state index contributed by atoms with van der Waals surface area (Å²) in [6, 6.07) is 0. The summed E-state index contributed by atoms with van der Waals surface area (Å²) in [5, 5.41) is 8.75. The minimum Gasteiger partial charge on any atom is -0.481 e. The van der Waals surface area contributed by atoms with Crippen LogP contribution >= 0.6 is 38.5 Å². The number of rotatable bonds is 1. The SMILES string of the molecule is O=C(O)C1C=CC=CC1(Br)I. The van der Waals surface area contributed by atoms with Gasteiger partial charge >= 0.3 is 5.97 Å². The molecule has 11 heavy (non-hydrogen) atoms. The lowest BCUT2D eigenvalue weighted by Crippen LogP contribution is -2.29. The van der Waals surface area contributed by atoms with Gasteiger partial charge in [0.15, 0.2) is 0 Å². The summed E-state index contributed by atoms with van der Waals surface area (Å²) in [6.07, 6.45) is 7.08. The van der Waals surface area contributed by atoms with Crippen LogP contribution in [0.3, 0.4) is 0 Å². The summed E-state index contributed by atoms with van der Waals surface area (Å²) in [5.74, 6) is -1.29. The van der Waals surface area contributed by atoms with Crippen LogP contribution in [-0.4, -0.2) is 13.4 Å². The van der Waals surface area contributed by atoms with Gasteiger partial charge in [0.1, 0.15) is 8.25 Å². The quantitative estimate of drug-likeness (QED) is 0.592. The highest BCUT2D eigenvalue weighted by Crippen LogP contribution is 2.39. The standard InChI is InChI=1S/C7H6BrIO2/c8-7(9)4-2-1-3-5(7)6(10)11/h1-5H,(H,10,11). The summed E-state index contributed by atoms with van der Waals surface area (Å²) in [6.45, 7) is 0. The van der Waals surface area contributed by atoms with Gasteiger partial charge in [-0.1, -0.05) is 62.8 Å². The molecule has 0 heterocycles. The Hall–Kier alpha value is 0.160. The van der Waals surface area contributed by atoms with Crippen molar-refractivity contribution in [2.24, 2.45) is 5.92 Å². The summed E-state index contributed by atoms with van der Waals surface area (Å²) in [5.41, 5.74) is 0. The zero-order valence-corrected chi connectivity index (χ0v) is 9.24. The summed E-state index contributed by atoms with van der Waals surface area (Å²) >= 11 is 5.39. The molecule has 60 valence electrons. The predicted octanol–water partition coefficient (Wildman–Crippen LogP) is 2.34. The number of hydrogen-bond acceptors (Lipinski definition) is 1. The van der Waals surface area contributed by atoms with E-state index >= 15 is 0 Å². The average Bonchev–Trinajstić information content (AvgIpc) is 1.85. The van der Waals surface area contributed by atoms with Crippen LogP contribution in [0.5, 0.6) is 0 Å². The summed E-state index contributed by atoms with van der Waals surface area (Å²) in [4.78, 5) is 10.7. The van der Waals surface area contributed by atoms with Crippen molar-refractivity contribution in [1.82, 2.24) is 0 Å². The first kappa shape index (κ1) is 9.25. The van der Waals surface area contributed by atoms with Crippen LogP contribution in [0.1, 0.15) is 0 Å². The van der Waals surface area contributed by atoms with Crippen molar-refractivity contribution in [1.29, 1.82) is 0 Å². The Kier molecular flexibility index (Phi) is 2.74. The Morgan fingerprint density at radius 2 is 2.27 bits per heavy atom. The predicted molar refractivity (Wildman–Crippen MR) is 55.1 cm³/mol. The van der Waals surface area contributed by atoms with E-state index in [0.29, 0.717) is 0 Å². The van der Waals surface area contributed by atoms with Gasteiger partial charge in [-0.25, -0.2) is 0 Å². The summed E-state index contributed by atoms with van der Waals surface area (Å²) in [7, 11) is 0. The Morgan fingerprint density at radius 1 is 1.64 bits per heavy atom. The van der Waals surface area contributed by atoms with Gasteiger partial charge in [0.25, 0.3) is 0 Å². The molecule has 0 saturated heterocycles. The average molecular weight is 329 g/mol. The first-order valence-electron chi connectivity index (χ1n) is 3.01. The van der Waals surface area contributed by atoms with Gasteiger partial charge in [-0.15, -0.1) is 0 Å². The van der Waals surface area contributed by atoms with E-state index < -0.39 is 14.2 Å². The van der Waals surface area contributed by atoms with E-state index in [4.69, 9.17) is 5.11 Å². The molecular weight excluding hydrogens is 323 g/mol. The third kappa shape index (κ3) is 2.05. The van der Waals surface area contributed by atoms with Crippen molar-refractivity contribution < 1.29 is 9.90 Å². The molecule has 2 atom stereocenters. The van der Waals surface area contributed by atoms with Crippen LogP contribution in [0.4, 0.5) is 0 Å². The lowest BCUT2D eigenvalue weighted by atomic mass is 10.0. The fourth-order valence-corrected chi connectivity index (χ4v) is 2.02. The molecule has 1 aliphatic carbocycles. The maximum atomic E-state index is 10.7. The van der Waals surface area contributed by atoms with E-state index in [9.17, 15) is 4.79 Å². The summed E-state index contributed by atoms with van der Waals surface area (Å²) < 4.78 is -0.467. The molecular formula is C7H6BrIO2. The van der Waals surface area contributed by atoms with Crippen molar-refractivity contribution in [3.05, 3.63) is 24.3 Å². The maximum Gasteiger partial charge on any atom is 0.312 e. The normalized spacial score (nSPS) is 35.6. The third-order valence-corrected chi connectivity index (χ3v) is 3.20. The molecule has 2 unspecified atom stereocenters. The molecule has 0 fully saturated rings. The molecule has 0 aromatic rings. The third-order valence-electron chi connectivity index (χ3n) is 1.41. The van der Waals surface area contributed by atoms with Gasteiger partial charge in [-0.2, -0.15) is 0 Å². The highest BCUT2D eigenvalue weighted by Gasteiger charge is 2.35. The Labute approximate surface area is 86.6 Å². The zero-order chi connectivity index (χ0) is 8.48. The topological polar surface area (TPSA) is 37.3 Å². The van der Waals surface area contributed by atoms with Crippen molar-refractivity contribution in [3.8, 4) is 0 Å². The molecule has 0 aromatic carbocycles. The van der Waals surface area contributed by atoms with Crippen molar-refractivity contribution in [3.63, 3.8) is 0 Å². The second-order valence-corrected chi connectivity index (χ2v) is 6.81. The van der Waals surface area contributed by atoms with Crippen LogP contribution < -0.4 is 0 Å². The van der Waals surface area contributed by atoms with Crippen LogP contribution in [-0.2, 0) is 4.79 Å². The number of carbonyl (C=O) groups is 1. The number of alkyl halides is 2. The van der Waals surface area contributed by atoms with E-state index in [2.05, 4.69) is 38.5 Å². The first-order valence-corrected chi connectivity index (χ1v) is 4.88. The first-order chi connectivity index (χ1) is 5.04. The van der Waals surface area contributed by atoms with Gasteiger partial charge in [0.05, 0.1) is 0 Å². The fraction of sp³-hybridized carbons (Fsp3) is 0.286. The molecule has 0 saturated carbocycles. The Morgan fingerprint density at radius 3 is 2.64 bits per heavy atom. The minimum absolute atomic E-state index is 0.467. The van der Waals surface area contributed by atoms with Crippen LogP contribution in [0.2, 0.25) is 0 Å². The molecule has 1 N–H and O–H groups in total. The van der Waals surface area contributed by atoms with E-state index in [1.54, 1.807) is 12.2 Å². The van der Waals surface area contributed by atoms with E-state index in [1.165, 1.54) is 0 Å². The highest BCUT2D eigenvalue weighted by atomic mass is 127. The largest absolute Gasteiger partial charge is 0.481 e. The van der Waals surface area contributed by atoms with Crippen molar-refractivity contribution >= 4 is 44.5 Å². The highest BCUT2D eigenvalue weighted by molar-refractivity contribution is 14.1. The van der Waals surface area contributed by atoms with Crippen LogP contribution in [0, 0.1) is 5.92 Å². The van der Waals surface area contributed by atoms with Gasteiger partial charge < -0.3 is 5.11 Å². The smallest absolute Gasteiger partial charge is 0.312 e. The molecule has 1 rings (SSSR count). The molecule has 2 nitrogen and oxygen atoms in total. The molecule has 1 aliphatic rings. The number of carboxylic acid groups (broad SMARTS) is 1. The number of aliphatic carboxylic acids is 1. The van der Waals surface area contributed by atoms with Crippen LogP contribution in [0.25, 0.3) is 0 Å².